The maximum Gasteiger partial charge on any atom is 0.115 e. The number of nitrogens with one attached hydrogen (secondary N) is 2. The van der Waals surface area contributed by atoms with Crippen molar-refractivity contribution in [2.75, 3.05) is 13.2 Å². The quantitative estimate of drug-likeness (QED) is 0.388. The highest BCUT2D eigenvalue weighted by atomic mass is 28.3. The Labute approximate surface area is 91.5 Å². The highest BCUT2D eigenvalue weighted by molar-refractivity contribution is 6.59. The van der Waals surface area contributed by atoms with Crippen molar-refractivity contribution < 1.29 is 0 Å². The predicted molar refractivity (Wildman–Crippen MR) is 68.3 cm³/mol. The van der Waals surface area contributed by atoms with E-state index in [2.05, 4.69) is 44.9 Å². The van der Waals surface area contributed by atoms with Crippen LogP contribution in [0.2, 0.25) is 11.1 Å². The summed E-state index contributed by atoms with van der Waals surface area (Å²) < 4.78 is 0. The maximum absolute atomic E-state index is 3.72. The van der Waals surface area contributed by atoms with E-state index in [-0.39, 0.29) is 0 Å². The zero-order chi connectivity index (χ0) is 11.0. The lowest BCUT2D eigenvalue weighted by molar-refractivity contribution is 0.645. The second-order valence-electron chi connectivity index (χ2n) is 5.05. The molecule has 0 aliphatic carbocycles. The van der Waals surface area contributed by atoms with E-state index in [9.17, 15) is 0 Å². The van der Waals surface area contributed by atoms with Crippen molar-refractivity contribution >= 4 is 8.96 Å². The summed E-state index contributed by atoms with van der Waals surface area (Å²) in [6.45, 7) is 13.6. The van der Waals surface area contributed by atoms with Crippen molar-refractivity contribution in [3.8, 4) is 0 Å². The summed E-state index contributed by atoms with van der Waals surface area (Å²) in [6.07, 6.45) is 2.70. The van der Waals surface area contributed by atoms with Crippen molar-refractivity contribution in [1.29, 1.82) is 0 Å². The van der Waals surface area contributed by atoms with Gasteiger partial charge in [-0.2, -0.15) is 0 Å². The summed E-state index contributed by atoms with van der Waals surface area (Å²) in [5, 5.41) is 3.86. The molecule has 0 aromatic carbocycles. The first-order chi connectivity index (χ1) is 6.52. The highest BCUT2D eigenvalue weighted by Crippen LogP contribution is 2.28. The molecule has 0 amide bonds. The van der Waals surface area contributed by atoms with Crippen LogP contribution in [-0.2, 0) is 0 Å². The average molecular weight is 216 g/mol. The molecule has 0 heterocycles. The van der Waals surface area contributed by atoms with E-state index in [4.69, 9.17) is 0 Å². The Kier molecular flexibility index (Phi) is 7.50. The molecule has 86 valence electrons. The summed E-state index contributed by atoms with van der Waals surface area (Å²) >= 11 is 0. The van der Waals surface area contributed by atoms with Crippen LogP contribution in [0.25, 0.3) is 0 Å². The maximum atomic E-state index is 3.72. The average Bonchev–Trinajstić information content (AvgIpc) is 2.09. The molecule has 0 aliphatic rings. The van der Waals surface area contributed by atoms with Crippen LogP contribution >= 0.6 is 0 Å². The summed E-state index contributed by atoms with van der Waals surface area (Å²) in [7, 11) is -0.784. The Morgan fingerprint density at radius 2 is 1.79 bits per heavy atom. The van der Waals surface area contributed by atoms with Crippen LogP contribution in [-0.4, -0.2) is 22.2 Å². The van der Waals surface area contributed by atoms with E-state index < -0.39 is 8.96 Å². The van der Waals surface area contributed by atoms with Crippen LogP contribution < -0.4 is 10.3 Å². The minimum Gasteiger partial charge on any atom is -0.327 e. The lowest BCUT2D eigenvalue weighted by Gasteiger charge is -2.30. The topological polar surface area (TPSA) is 24.1 Å². The fourth-order valence-electron chi connectivity index (χ4n) is 1.57. The fraction of sp³-hybridized carbons (Fsp3) is 1.00. The normalized spacial score (nSPS) is 14.4. The molecule has 3 heteroatoms. The Bertz CT molecular complexity index is 132. The van der Waals surface area contributed by atoms with Crippen molar-refractivity contribution in [2.24, 2.45) is 0 Å². The molecule has 0 aliphatic heterocycles. The summed E-state index contributed by atoms with van der Waals surface area (Å²) in [5.41, 5.74) is 0. The van der Waals surface area contributed by atoms with Crippen LogP contribution in [0.3, 0.4) is 0 Å². The smallest absolute Gasteiger partial charge is 0.115 e. The largest absolute Gasteiger partial charge is 0.327 e. The van der Waals surface area contributed by atoms with E-state index in [0.29, 0.717) is 5.04 Å². The highest BCUT2D eigenvalue weighted by Gasteiger charge is 2.24. The van der Waals surface area contributed by atoms with Gasteiger partial charge in [0.1, 0.15) is 8.96 Å². The van der Waals surface area contributed by atoms with Crippen molar-refractivity contribution in [2.45, 2.75) is 58.5 Å². The van der Waals surface area contributed by atoms with E-state index in [1.807, 2.05) is 0 Å². The molecule has 0 bridgehead atoms. The SMILES string of the molecule is CCCC[SiH](NCNCC)C(C)(C)C. The molecule has 2 nitrogen and oxygen atoms in total. The molecule has 0 spiro atoms. The van der Waals surface area contributed by atoms with Gasteiger partial charge in [0.25, 0.3) is 0 Å². The molecule has 0 rings (SSSR count). The molecule has 1 atom stereocenters. The van der Waals surface area contributed by atoms with Crippen molar-refractivity contribution in [3.05, 3.63) is 0 Å². The predicted octanol–water partition coefficient (Wildman–Crippen LogP) is 2.47. The molecule has 0 fully saturated rings. The standard InChI is InChI=1S/C11H28N2Si/c1-6-8-9-14(11(3,4)5)13-10-12-7-2/h12-14H,6-10H2,1-5H3. The van der Waals surface area contributed by atoms with E-state index in [1.54, 1.807) is 0 Å². The molecule has 0 aromatic heterocycles. The van der Waals surface area contributed by atoms with Gasteiger partial charge in [0.15, 0.2) is 0 Å². The lowest BCUT2D eigenvalue weighted by atomic mass is 10.2. The first kappa shape index (κ1) is 14.1. The minimum absolute atomic E-state index is 0.505. The second-order valence-corrected chi connectivity index (χ2v) is 8.87. The Balaban J connectivity index is 3.85. The fourth-order valence-corrected chi connectivity index (χ4v) is 4.46. The number of unbranched alkanes of at least 4 members (excludes halogenated alkanes) is 1. The van der Waals surface area contributed by atoms with E-state index in [1.165, 1.54) is 18.9 Å². The molecule has 0 saturated heterocycles. The zero-order valence-electron chi connectivity index (χ0n) is 10.6. The van der Waals surface area contributed by atoms with Crippen LogP contribution in [0.15, 0.2) is 0 Å². The summed E-state index contributed by atoms with van der Waals surface area (Å²) in [6, 6.07) is 1.42. The van der Waals surface area contributed by atoms with Gasteiger partial charge in [-0.3, -0.25) is 0 Å². The third-order valence-corrected chi connectivity index (χ3v) is 6.39. The Hall–Kier alpha value is 0.137. The van der Waals surface area contributed by atoms with Gasteiger partial charge in [0, 0.05) is 6.67 Å². The number of hydrogen-bond donors (Lipinski definition) is 2. The summed E-state index contributed by atoms with van der Waals surface area (Å²) in [5.74, 6) is 0. The second kappa shape index (κ2) is 7.43. The van der Waals surface area contributed by atoms with Crippen LogP contribution in [0.4, 0.5) is 0 Å². The molecule has 2 N–H and O–H groups in total. The van der Waals surface area contributed by atoms with Gasteiger partial charge in [-0.15, -0.1) is 0 Å². The Morgan fingerprint density at radius 1 is 1.14 bits per heavy atom. The van der Waals surface area contributed by atoms with Gasteiger partial charge < -0.3 is 10.3 Å². The third-order valence-electron chi connectivity index (χ3n) is 2.62. The molecular weight excluding hydrogens is 188 g/mol. The Morgan fingerprint density at radius 3 is 2.21 bits per heavy atom. The van der Waals surface area contributed by atoms with Gasteiger partial charge >= 0.3 is 0 Å². The molecular formula is C11H28N2Si. The van der Waals surface area contributed by atoms with Crippen molar-refractivity contribution in [3.63, 3.8) is 0 Å². The first-order valence-electron chi connectivity index (χ1n) is 5.96. The van der Waals surface area contributed by atoms with Crippen LogP contribution in [0, 0.1) is 0 Å². The van der Waals surface area contributed by atoms with Crippen LogP contribution in [0.5, 0.6) is 0 Å². The van der Waals surface area contributed by atoms with E-state index >= 15 is 0 Å². The first-order valence-corrected chi connectivity index (χ1v) is 7.93. The van der Waals surface area contributed by atoms with Gasteiger partial charge in [-0.25, -0.2) is 0 Å². The van der Waals surface area contributed by atoms with E-state index in [0.717, 1.165) is 13.2 Å². The van der Waals surface area contributed by atoms with Crippen molar-refractivity contribution in [1.82, 2.24) is 10.3 Å². The zero-order valence-corrected chi connectivity index (χ0v) is 11.8. The molecule has 0 saturated carbocycles. The van der Waals surface area contributed by atoms with Gasteiger partial charge in [0.2, 0.25) is 0 Å². The van der Waals surface area contributed by atoms with Crippen LogP contribution in [0.1, 0.15) is 47.5 Å². The number of hydrogen-bond acceptors (Lipinski definition) is 2. The van der Waals surface area contributed by atoms with Gasteiger partial charge in [0.05, 0.1) is 0 Å². The molecule has 0 aromatic rings. The lowest BCUT2D eigenvalue weighted by Crippen LogP contribution is -2.45. The van der Waals surface area contributed by atoms with Gasteiger partial charge in [-0.1, -0.05) is 47.5 Å². The summed E-state index contributed by atoms with van der Waals surface area (Å²) in [4.78, 5) is 3.72. The molecule has 0 radical (unpaired) electrons. The minimum atomic E-state index is -0.784. The third kappa shape index (κ3) is 6.57. The molecule has 14 heavy (non-hydrogen) atoms. The number of rotatable bonds is 7. The van der Waals surface area contributed by atoms with Gasteiger partial charge in [-0.05, 0) is 17.6 Å². The molecule has 1 unspecified atom stereocenters. The monoisotopic (exact) mass is 216 g/mol.